The molecule has 17 heavy (non-hydrogen) atoms. The Bertz CT molecular complexity index is 363. The van der Waals surface area contributed by atoms with E-state index in [0.717, 1.165) is 25.7 Å². The van der Waals surface area contributed by atoms with Crippen LogP contribution in [0.3, 0.4) is 0 Å². The fourth-order valence-corrected chi connectivity index (χ4v) is 2.98. The lowest BCUT2D eigenvalue weighted by atomic mass is 9.75. The first-order valence-electron chi connectivity index (χ1n) is 6.34. The number of hydrogen-bond acceptors (Lipinski definition) is 3. The maximum absolute atomic E-state index is 11.5. The molecule has 0 aromatic carbocycles. The second kappa shape index (κ2) is 4.94. The van der Waals surface area contributed by atoms with Gasteiger partial charge in [0.15, 0.2) is 11.6 Å². The van der Waals surface area contributed by atoms with E-state index in [-0.39, 0.29) is 23.3 Å². The summed E-state index contributed by atoms with van der Waals surface area (Å²) >= 11 is 0. The molecule has 3 nitrogen and oxygen atoms in total. The topological polar surface area (TPSA) is 51.2 Å². The van der Waals surface area contributed by atoms with Gasteiger partial charge < -0.3 is 0 Å². The van der Waals surface area contributed by atoms with Crippen LogP contribution in [0.4, 0.5) is 0 Å². The maximum Gasteiger partial charge on any atom is 0.166 e. The molecule has 0 saturated heterocycles. The van der Waals surface area contributed by atoms with Crippen molar-refractivity contribution < 1.29 is 14.4 Å². The normalized spacial score (nSPS) is 29.9. The van der Waals surface area contributed by atoms with Gasteiger partial charge in [-0.05, 0) is 44.3 Å². The van der Waals surface area contributed by atoms with E-state index in [1.54, 1.807) is 6.92 Å². The van der Waals surface area contributed by atoms with Gasteiger partial charge >= 0.3 is 0 Å². The maximum atomic E-state index is 11.5. The average Bonchev–Trinajstić information content (AvgIpc) is 2.61. The summed E-state index contributed by atoms with van der Waals surface area (Å²) in [6.45, 7) is 1.64. The van der Waals surface area contributed by atoms with E-state index < -0.39 is 5.92 Å². The van der Waals surface area contributed by atoms with E-state index in [9.17, 15) is 14.4 Å². The van der Waals surface area contributed by atoms with Crippen molar-refractivity contribution >= 4 is 17.3 Å². The SMILES string of the molecule is CC(=O)C1CCCC(CC2C(=O)C=CC2=O)C1. The van der Waals surface area contributed by atoms with Gasteiger partial charge in [-0.15, -0.1) is 0 Å². The molecule has 1 fully saturated rings. The number of ketones is 3. The van der Waals surface area contributed by atoms with Crippen LogP contribution in [0.2, 0.25) is 0 Å². The Hall–Kier alpha value is -1.25. The average molecular weight is 234 g/mol. The lowest BCUT2D eigenvalue weighted by Crippen LogP contribution is -2.26. The first-order valence-corrected chi connectivity index (χ1v) is 6.34. The highest BCUT2D eigenvalue weighted by Gasteiger charge is 2.33. The van der Waals surface area contributed by atoms with E-state index in [4.69, 9.17) is 0 Å². The quantitative estimate of drug-likeness (QED) is 0.703. The summed E-state index contributed by atoms with van der Waals surface area (Å²) in [4.78, 5) is 34.4. The number of Topliss-reactive ketones (excluding diaryl/α,β-unsaturated/α-hetero) is 1. The third-order valence-corrected chi connectivity index (χ3v) is 4.03. The van der Waals surface area contributed by atoms with E-state index in [1.807, 2.05) is 0 Å². The molecule has 2 atom stereocenters. The molecule has 0 bridgehead atoms. The van der Waals surface area contributed by atoms with Crippen molar-refractivity contribution in [3.05, 3.63) is 12.2 Å². The Morgan fingerprint density at radius 2 is 1.88 bits per heavy atom. The fraction of sp³-hybridized carbons (Fsp3) is 0.643. The van der Waals surface area contributed by atoms with Gasteiger partial charge in [0, 0.05) is 5.92 Å². The molecule has 0 aromatic rings. The lowest BCUT2D eigenvalue weighted by Gasteiger charge is -2.28. The molecule has 0 heterocycles. The van der Waals surface area contributed by atoms with Crippen molar-refractivity contribution in [2.24, 2.45) is 17.8 Å². The van der Waals surface area contributed by atoms with E-state index in [0.29, 0.717) is 12.3 Å². The minimum absolute atomic E-state index is 0.0556. The Balaban J connectivity index is 1.93. The van der Waals surface area contributed by atoms with Crippen LogP contribution in [0, 0.1) is 17.8 Å². The van der Waals surface area contributed by atoms with E-state index in [2.05, 4.69) is 0 Å². The number of rotatable bonds is 3. The monoisotopic (exact) mass is 234 g/mol. The molecule has 2 aliphatic rings. The van der Waals surface area contributed by atoms with Crippen LogP contribution in [0.1, 0.15) is 39.0 Å². The van der Waals surface area contributed by atoms with Crippen LogP contribution in [0.15, 0.2) is 12.2 Å². The summed E-state index contributed by atoms with van der Waals surface area (Å²) in [5.41, 5.74) is 0. The largest absolute Gasteiger partial charge is 0.300 e. The van der Waals surface area contributed by atoms with Crippen LogP contribution in [-0.4, -0.2) is 17.3 Å². The highest BCUT2D eigenvalue weighted by atomic mass is 16.2. The Labute approximate surface area is 101 Å². The zero-order valence-electron chi connectivity index (χ0n) is 10.1. The molecule has 0 aromatic heterocycles. The van der Waals surface area contributed by atoms with Crippen molar-refractivity contribution in [1.82, 2.24) is 0 Å². The number of carbonyl (C=O) groups excluding carboxylic acids is 3. The van der Waals surface area contributed by atoms with Crippen molar-refractivity contribution in [2.45, 2.75) is 39.0 Å². The molecule has 0 amide bonds. The minimum Gasteiger partial charge on any atom is -0.300 e. The fourth-order valence-electron chi connectivity index (χ4n) is 2.98. The summed E-state index contributed by atoms with van der Waals surface area (Å²) in [5.74, 6) is 0.186. The standard InChI is InChI=1S/C14H18O3/c1-9(15)11-4-2-3-10(7-11)8-12-13(16)5-6-14(12)17/h5-6,10-12H,2-4,7-8H2,1H3. The highest BCUT2D eigenvalue weighted by Crippen LogP contribution is 2.34. The highest BCUT2D eigenvalue weighted by molar-refractivity contribution is 6.18. The lowest BCUT2D eigenvalue weighted by molar-refractivity contribution is -0.126. The number of allylic oxidation sites excluding steroid dienone is 2. The van der Waals surface area contributed by atoms with Gasteiger partial charge in [-0.25, -0.2) is 0 Å². The summed E-state index contributed by atoms with van der Waals surface area (Å²) < 4.78 is 0. The zero-order chi connectivity index (χ0) is 12.4. The Morgan fingerprint density at radius 3 is 2.47 bits per heavy atom. The van der Waals surface area contributed by atoms with Gasteiger partial charge in [0.25, 0.3) is 0 Å². The summed E-state index contributed by atoms with van der Waals surface area (Å²) in [7, 11) is 0. The molecule has 2 aliphatic carbocycles. The van der Waals surface area contributed by atoms with Gasteiger partial charge in [-0.3, -0.25) is 14.4 Å². The number of hydrogen-bond donors (Lipinski definition) is 0. The summed E-state index contributed by atoms with van der Waals surface area (Å²) in [6.07, 6.45) is 7.31. The second-order valence-corrected chi connectivity index (χ2v) is 5.27. The molecule has 2 rings (SSSR count). The molecule has 92 valence electrons. The van der Waals surface area contributed by atoms with Crippen LogP contribution in [0.25, 0.3) is 0 Å². The predicted molar refractivity (Wildman–Crippen MR) is 63.4 cm³/mol. The summed E-state index contributed by atoms with van der Waals surface area (Å²) in [5, 5.41) is 0. The molecule has 0 aliphatic heterocycles. The Kier molecular flexibility index (Phi) is 3.55. The van der Waals surface area contributed by atoms with Gasteiger partial charge in [-0.1, -0.05) is 12.8 Å². The predicted octanol–water partition coefficient (Wildman–Crippen LogP) is 2.10. The molecule has 0 radical (unpaired) electrons. The van der Waals surface area contributed by atoms with Crippen molar-refractivity contribution in [2.75, 3.05) is 0 Å². The van der Waals surface area contributed by atoms with Crippen molar-refractivity contribution in [1.29, 1.82) is 0 Å². The third-order valence-electron chi connectivity index (χ3n) is 4.03. The molecular formula is C14H18O3. The summed E-state index contributed by atoms with van der Waals surface area (Å²) in [6, 6.07) is 0. The van der Waals surface area contributed by atoms with Gasteiger partial charge in [0.2, 0.25) is 0 Å². The molecule has 0 N–H and O–H groups in total. The van der Waals surface area contributed by atoms with Crippen LogP contribution in [-0.2, 0) is 14.4 Å². The van der Waals surface area contributed by atoms with Gasteiger partial charge in [0.1, 0.15) is 5.78 Å². The second-order valence-electron chi connectivity index (χ2n) is 5.27. The van der Waals surface area contributed by atoms with Crippen LogP contribution < -0.4 is 0 Å². The van der Waals surface area contributed by atoms with Crippen LogP contribution >= 0.6 is 0 Å². The molecule has 2 unspecified atom stereocenters. The Morgan fingerprint density at radius 1 is 1.24 bits per heavy atom. The third kappa shape index (κ3) is 2.71. The smallest absolute Gasteiger partial charge is 0.166 e. The number of carbonyl (C=O) groups is 3. The minimum atomic E-state index is -0.453. The van der Waals surface area contributed by atoms with Crippen LogP contribution in [0.5, 0.6) is 0 Å². The molecular weight excluding hydrogens is 216 g/mol. The zero-order valence-corrected chi connectivity index (χ0v) is 10.1. The molecule has 3 heteroatoms. The van der Waals surface area contributed by atoms with E-state index >= 15 is 0 Å². The first kappa shape index (κ1) is 12.2. The molecule has 0 spiro atoms. The van der Waals surface area contributed by atoms with Crippen molar-refractivity contribution in [3.8, 4) is 0 Å². The van der Waals surface area contributed by atoms with Gasteiger partial charge in [-0.2, -0.15) is 0 Å². The molecule has 1 saturated carbocycles. The van der Waals surface area contributed by atoms with Gasteiger partial charge in [0.05, 0.1) is 5.92 Å². The van der Waals surface area contributed by atoms with E-state index in [1.165, 1.54) is 12.2 Å². The first-order chi connectivity index (χ1) is 8.08. The van der Waals surface area contributed by atoms with Crippen molar-refractivity contribution in [3.63, 3.8) is 0 Å².